The normalized spacial score (nSPS) is 16.4. The summed E-state index contributed by atoms with van der Waals surface area (Å²) in [5.74, 6) is 0.347. The van der Waals surface area contributed by atoms with Crippen LogP contribution in [-0.4, -0.2) is 60.9 Å². The van der Waals surface area contributed by atoms with Crippen LogP contribution in [-0.2, 0) is 16.0 Å². The Balaban J connectivity index is 1.70. The Bertz CT molecular complexity index is 1460. The molecule has 1 aliphatic heterocycles. The topological polar surface area (TPSA) is 128 Å². The molecule has 13 heteroatoms. The second-order valence-electron chi connectivity index (χ2n) is 8.89. The van der Waals surface area contributed by atoms with Crippen LogP contribution in [0, 0.1) is 6.92 Å². The number of aryl methyl sites for hydroxylation is 1. The first-order chi connectivity index (χ1) is 17.3. The SMILES string of the molecule is COc1cc2c(NC(C)c3cc(N)cc(C(F)(F)F)c3)nc(C)nc2cc1C(=O)N1CCS(=O)(=O)CC1. The molecule has 4 rings (SSSR count). The van der Waals surface area contributed by atoms with Crippen molar-refractivity contribution in [1.29, 1.82) is 0 Å². The number of anilines is 2. The van der Waals surface area contributed by atoms with Crippen molar-refractivity contribution in [3.63, 3.8) is 0 Å². The molecule has 1 aliphatic rings. The molecule has 1 aromatic heterocycles. The van der Waals surface area contributed by atoms with E-state index in [1.54, 1.807) is 26.0 Å². The summed E-state index contributed by atoms with van der Waals surface area (Å²) in [4.78, 5) is 23.5. The monoisotopic (exact) mass is 537 g/mol. The van der Waals surface area contributed by atoms with Crippen LogP contribution in [0.4, 0.5) is 24.7 Å². The summed E-state index contributed by atoms with van der Waals surface area (Å²) in [5.41, 5.74) is 5.81. The maximum absolute atomic E-state index is 13.3. The Morgan fingerprint density at radius 3 is 2.43 bits per heavy atom. The smallest absolute Gasteiger partial charge is 0.416 e. The number of aromatic nitrogens is 2. The molecule has 9 nitrogen and oxygen atoms in total. The van der Waals surface area contributed by atoms with Gasteiger partial charge in [-0.3, -0.25) is 4.79 Å². The van der Waals surface area contributed by atoms with Crippen molar-refractivity contribution in [1.82, 2.24) is 14.9 Å². The molecule has 0 saturated carbocycles. The van der Waals surface area contributed by atoms with E-state index in [2.05, 4.69) is 15.3 Å². The molecule has 2 aromatic carbocycles. The second kappa shape index (κ2) is 9.69. The summed E-state index contributed by atoms with van der Waals surface area (Å²) < 4.78 is 68.8. The number of carbonyl (C=O) groups excluding carboxylic acids is 1. The molecule has 0 spiro atoms. The molecule has 1 unspecified atom stereocenters. The Morgan fingerprint density at radius 2 is 1.81 bits per heavy atom. The largest absolute Gasteiger partial charge is 0.496 e. The van der Waals surface area contributed by atoms with Gasteiger partial charge in [-0.1, -0.05) is 0 Å². The number of amides is 1. The van der Waals surface area contributed by atoms with Crippen LogP contribution in [0.2, 0.25) is 0 Å². The molecule has 1 saturated heterocycles. The molecular formula is C24H26F3N5O4S. The number of halogens is 3. The Labute approximate surface area is 211 Å². The molecule has 3 N–H and O–H groups in total. The van der Waals surface area contributed by atoms with Crippen LogP contribution in [0.25, 0.3) is 10.9 Å². The zero-order valence-electron chi connectivity index (χ0n) is 20.4. The van der Waals surface area contributed by atoms with Crippen LogP contribution in [0.1, 0.15) is 40.3 Å². The third-order valence-corrected chi connectivity index (χ3v) is 7.76. The number of nitrogens with one attached hydrogen (secondary N) is 1. The van der Waals surface area contributed by atoms with Gasteiger partial charge in [0.1, 0.15) is 17.4 Å². The van der Waals surface area contributed by atoms with Crippen molar-refractivity contribution in [2.45, 2.75) is 26.1 Å². The van der Waals surface area contributed by atoms with Crippen molar-refractivity contribution in [3.05, 3.63) is 52.8 Å². The van der Waals surface area contributed by atoms with Gasteiger partial charge >= 0.3 is 6.18 Å². The standard InChI is InChI=1S/C24H26F3N5O4S/c1-13(15-8-16(24(25,26)27)10-17(28)9-15)29-22-18-12-21(36-3)19(11-20(18)30-14(2)31-22)23(33)32-4-6-37(34,35)7-5-32/h8-13H,4-7,28H2,1-3H3,(H,29,30,31). The number of fused-ring (bicyclic) bond motifs is 1. The quantitative estimate of drug-likeness (QED) is 0.473. The first kappa shape index (κ1) is 26.5. The molecule has 37 heavy (non-hydrogen) atoms. The van der Waals surface area contributed by atoms with Gasteiger partial charge in [0.2, 0.25) is 0 Å². The fourth-order valence-electron chi connectivity index (χ4n) is 4.18. The van der Waals surface area contributed by atoms with E-state index in [4.69, 9.17) is 10.5 Å². The lowest BCUT2D eigenvalue weighted by Crippen LogP contribution is -2.43. The molecule has 1 atom stereocenters. The predicted molar refractivity (Wildman–Crippen MR) is 133 cm³/mol. The molecule has 1 amide bonds. The molecular weight excluding hydrogens is 511 g/mol. The summed E-state index contributed by atoms with van der Waals surface area (Å²) in [6.45, 7) is 3.49. The lowest BCUT2D eigenvalue weighted by molar-refractivity contribution is -0.137. The van der Waals surface area contributed by atoms with Crippen LogP contribution in [0.15, 0.2) is 30.3 Å². The van der Waals surface area contributed by atoms with E-state index in [1.807, 2.05) is 0 Å². The summed E-state index contributed by atoms with van der Waals surface area (Å²) in [7, 11) is -1.77. The van der Waals surface area contributed by atoms with Gasteiger partial charge in [-0.2, -0.15) is 13.2 Å². The van der Waals surface area contributed by atoms with Crippen LogP contribution in [0.3, 0.4) is 0 Å². The van der Waals surface area contributed by atoms with Gasteiger partial charge in [0.25, 0.3) is 5.91 Å². The maximum atomic E-state index is 13.3. The van der Waals surface area contributed by atoms with Crippen molar-refractivity contribution < 1.29 is 31.1 Å². The van der Waals surface area contributed by atoms with E-state index in [0.29, 0.717) is 28.1 Å². The fourth-order valence-corrected chi connectivity index (χ4v) is 5.38. The summed E-state index contributed by atoms with van der Waals surface area (Å²) in [6, 6.07) is 5.89. The number of nitrogens with zero attached hydrogens (tertiary/aromatic N) is 3. The molecule has 3 aromatic rings. The molecule has 0 bridgehead atoms. The van der Waals surface area contributed by atoms with Gasteiger partial charge in [0, 0.05) is 24.2 Å². The Hall–Kier alpha value is -3.61. The van der Waals surface area contributed by atoms with Gasteiger partial charge < -0.3 is 20.7 Å². The van der Waals surface area contributed by atoms with Crippen LogP contribution >= 0.6 is 0 Å². The van der Waals surface area contributed by atoms with Crippen molar-refractivity contribution in [2.24, 2.45) is 0 Å². The number of hydrogen-bond acceptors (Lipinski definition) is 8. The number of carbonyl (C=O) groups is 1. The van der Waals surface area contributed by atoms with Crippen molar-refractivity contribution in [2.75, 3.05) is 42.8 Å². The number of alkyl halides is 3. The van der Waals surface area contributed by atoms with Crippen LogP contribution in [0.5, 0.6) is 5.75 Å². The number of hydrogen-bond donors (Lipinski definition) is 2. The number of benzene rings is 2. The van der Waals surface area contributed by atoms with E-state index in [0.717, 1.165) is 12.1 Å². The Morgan fingerprint density at radius 1 is 1.14 bits per heavy atom. The molecule has 1 fully saturated rings. The average molecular weight is 538 g/mol. The van der Waals surface area contributed by atoms with Crippen LogP contribution < -0.4 is 15.8 Å². The fraction of sp³-hybridized carbons (Fsp3) is 0.375. The summed E-state index contributed by atoms with van der Waals surface area (Å²) in [6.07, 6.45) is -4.54. The minimum atomic E-state index is -4.54. The molecule has 198 valence electrons. The first-order valence-corrected chi connectivity index (χ1v) is 13.2. The van der Waals surface area contributed by atoms with Crippen molar-refractivity contribution in [3.8, 4) is 5.75 Å². The van der Waals surface area contributed by atoms with Gasteiger partial charge in [-0.05, 0) is 49.7 Å². The number of methoxy groups -OCH3 is 1. The summed E-state index contributed by atoms with van der Waals surface area (Å²) in [5, 5.41) is 3.62. The second-order valence-corrected chi connectivity index (χ2v) is 11.2. The van der Waals surface area contributed by atoms with Crippen molar-refractivity contribution >= 4 is 38.2 Å². The third-order valence-electron chi connectivity index (χ3n) is 6.15. The maximum Gasteiger partial charge on any atom is 0.416 e. The third kappa shape index (κ3) is 5.71. The minimum Gasteiger partial charge on any atom is -0.496 e. The number of nitrogen functional groups attached to an aromatic ring is 1. The van der Waals surface area contributed by atoms with E-state index in [1.165, 1.54) is 18.1 Å². The van der Waals surface area contributed by atoms with E-state index >= 15 is 0 Å². The van der Waals surface area contributed by atoms with E-state index in [9.17, 15) is 26.4 Å². The van der Waals surface area contributed by atoms with Gasteiger partial charge in [-0.15, -0.1) is 0 Å². The highest BCUT2D eigenvalue weighted by Crippen LogP contribution is 2.35. The summed E-state index contributed by atoms with van der Waals surface area (Å²) >= 11 is 0. The molecule has 2 heterocycles. The number of rotatable bonds is 5. The zero-order chi connectivity index (χ0) is 27.1. The van der Waals surface area contributed by atoms with E-state index in [-0.39, 0.29) is 47.5 Å². The lowest BCUT2D eigenvalue weighted by Gasteiger charge is -2.27. The highest BCUT2D eigenvalue weighted by Gasteiger charge is 2.32. The number of sulfone groups is 1. The number of ether oxygens (including phenoxy) is 1. The predicted octanol–water partition coefficient (Wildman–Crippen LogP) is 3.59. The molecule has 0 radical (unpaired) electrons. The number of nitrogens with two attached hydrogens (primary N) is 1. The first-order valence-electron chi connectivity index (χ1n) is 11.4. The highest BCUT2D eigenvalue weighted by atomic mass is 32.2. The van der Waals surface area contributed by atoms with E-state index < -0.39 is 27.6 Å². The molecule has 0 aliphatic carbocycles. The van der Waals surface area contributed by atoms with Gasteiger partial charge in [0.15, 0.2) is 9.84 Å². The lowest BCUT2D eigenvalue weighted by atomic mass is 10.0. The zero-order valence-corrected chi connectivity index (χ0v) is 21.2. The van der Waals surface area contributed by atoms with Gasteiger partial charge in [0.05, 0.1) is 41.3 Å². The minimum absolute atomic E-state index is 0.0162. The Kier molecular flexibility index (Phi) is 6.93. The highest BCUT2D eigenvalue weighted by molar-refractivity contribution is 7.91. The average Bonchev–Trinajstić information content (AvgIpc) is 2.81. The van der Waals surface area contributed by atoms with Gasteiger partial charge in [-0.25, -0.2) is 18.4 Å².